The van der Waals surface area contributed by atoms with Crippen LogP contribution >= 0.6 is 12.4 Å². The molecular formula is C15H21ClF4N2O. The van der Waals surface area contributed by atoms with Gasteiger partial charge in [0, 0.05) is 44.2 Å². The standard InChI is InChI=1S/C15H20F4N2O.ClH/c1-22-14-3-2-11(16)10-12(14)13(4-5-15(17,18)19)21-8-6-20-7-9-21;/h2-3,10,13,20H,4-9H2,1H3;1H/t13-;/m0./s1. The molecule has 0 saturated carbocycles. The van der Waals surface area contributed by atoms with Crippen molar-refractivity contribution in [2.75, 3.05) is 33.3 Å². The van der Waals surface area contributed by atoms with Crippen LogP contribution in [0.1, 0.15) is 24.4 Å². The molecule has 1 aromatic carbocycles. The van der Waals surface area contributed by atoms with Crippen molar-refractivity contribution in [3.8, 4) is 5.75 Å². The molecule has 1 heterocycles. The van der Waals surface area contributed by atoms with Gasteiger partial charge in [0.05, 0.1) is 7.11 Å². The summed E-state index contributed by atoms with van der Waals surface area (Å²) in [4.78, 5) is 1.96. The van der Waals surface area contributed by atoms with Gasteiger partial charge in [0.1, 0.15) is 11.6 Å². The lowest BCUT2D eigenvalue weighted by atomic mass is 9.98. The van der Waals surface area contributed by atoms with Crippen LogP contribution in [0.3, 0.4) is 0 Å². The summed E-state index contributed by atoms with van der Waals surface area (Å²) < 4.78 is 56.7. The highest BCUT2D eigenvalue weighted by atomic mass is 35.5. The molecule has 0 radical (unpaired) electrons. The van der Waals surface area contributed by atoms with E-state index in [0.29, 0.717) is 37.5 Å². The van der Waals surface area contributed by atoms with Crippen molar-refractivity contribution < 1.29 is 22.3 Å². The highest BCUT2D eigenvalue weighted by Gasteiger charge is 2.32. The summed E-state index contributed by atoms with van der Waals surface area (Å²) in [5.74, 6) is -0.0462. The van der Waals surface area contributed by atoms with E-state index in [1.807, 2.05) is 4.90 Å². The van der Waals surface area contributed by atoms with E-state index < -0.39 is 24.5 Å². The zero-order valence-corrected chi connectivity index (χ0v) is 13.6. The van der Waals surface area contributed by atoms with Gasteiger partial charge in [-0.15, -0.1) is 12.4 Å². The maximum atomic E-state index is 13.6. The third-order valence-electron chi connectivity index (χ3n) is 3.84. The summed E-state index contributed by atoms with van der Waals surface area (Å²) in [6.07, 6.45) is -5.24. The first kappa shape index (κ1) is 20.0. The average Bonchev–Trinajstić information content (AvgIpc) is 2.48. The molecule has 1 saturated heterocycles. The lowest BCUT2D eigenvalue weighted by Gasteiger charge is -2.36. The fraction of sp³-hybridized carbons (Fsp3) is 0.600. The molecular weight excluding hydrogens is 336 g/mol. The van der Waals surface area contributed by atoms with Gasteiger partial charge >= 0.3 is 6.18 Å². The SMILES string of the molecule is COc1ccc(F)cc1[C@H](CCC(F)(F)F)N1CCNCC1.Cl. The second-order valence-electron chi connectivity index (χ2n) is 5.34. The minimum absolute atomic E-state index is 0. The Bertz CT molecular complexity index is 493. The molecule has 0 spiro atoms. The average molecular weight is 357 g/mol. The number of alkyl halides is 3. The Morgan fingerprint density at radius 1 is 1.26 bits per heavy atom. The highest BCUT2D eigenvalue weighted by Crippen LogP contribution is 2.36. The van der Waals surface area contributed by atoms with E-state index in [1.165, 1.54) is 25.3 Å². The van der Waals surface area contributed by atoms with Crippen LogP contribution < -0.4 is 10.1 Å². The summed E-state index contributed by atoms with van der Waals surface area (Å²) in [5, 5.41) is 3.16. The minimum Gasteiger partial charge on any atom is -0.496 e. The molecule has 3 nitrogen and oxygen atoms in total. The molecule has 132 valence electrons. The van der Waals surface area contributed by atoms with E-state index in [1.54, 1.807) is 0 Å². The van der Waals surface area contributed by atoms with E-state index in [4.69, 9.17) is 4.74 Å². The first-order chi connectivity index (χ1) is 10.4. The van der Waals surface area contributed by atoms with Crippen molar-refractivity contribution in [1.29, 1.82) is 0 Å². The summed E-state index contributed by atoms with van der Waals surface area (Å²) >= 11 is 0. The quantitative estimate of drug-likeness (QED) is 0.817. The van der Waals surface area contributed by atoms with E-state index in [-0.39, 0.29) is 18.8 Å². The minimum atomic E-state index is -4.23. The Hall–Kier alpha value is -1.05. The Balaban J connectivity index is 0.00000264. The third kappa shape index (κ3) is 5.82. The topological polar surface area (TPSA) is 24.5 Å². The van der Waals surface area contributed by atoms with Crippen molar-refractivity contribution >= 4 is 12.4 Å². The maximum absolute atomic E-state index is 13.6. The predicted octanol–water partition coefficient (Wildman–Crippen LogP) is 3.54. The normalized spacial score (nSPS) is 17.4. The van der Waals surface area contributed by atoms with Crippen molar-refractivity contribution in [3.05, 3.63) is 29.6 Å². The van der Waals surface area contributed by atoms with Crippen LogP contribution in [0.15, 0.2) is 18.2 Å². The fourth-order valence-electron chi connectivity index (χ4n) is 2.79. The lowest BCUT2D eigenvalue weighted by Crippen LogP contribution is -2.45. The molecule has 0 aliphatic carbocycles. The molecule has 0 amide bonds. The van der Waals surface area contributed by atoms with Crippen LogP contribution in [0.4, 0.5) is 17.6 Å². The predicted molar refractivity (Wildman–Crippen MR) is 82.7 cm³/mol. The number of halogens is 5. The van der Waals surface area contributed by atoms with Gasteiger partial charge in [0.25, 0.3) is 0 Å². The van der Waals surface area contributed by atoms with Gasteiger partial charge in [0.2, 0.25) is 0 Å². The number of ether oxygens (including phenoxy) is 1. The van der Waals surface area contributed by atoms with Crippen molar-refractivity contribution in [2.24, 2.45) is 0 Å². The Morgan fingerprint density at radius 2 is 1.91 bits per heavy atom. The van der Waals surface area contributed by atoms with Gasteiger partial charge in [-0.1, -0.05) is 0 Å². The zero-order valence-electron chi connectivity index (χ0n) is 12.8. The van der Waals surface area contributed by atoms with Crippen molar-refractivity contribution in [2.45, 2.75) is 25.1 Å². The molecule has 0 aromatic heterocycles. The van der Waals surface area contributed by atoms with E-state index in [0.717, 1.165) is 0 Å². The smallest absolute Gasteiger partial charge is 0.389 e. The molecule has 0 unspecified atom stereocenters. The van der Waals surface area contributed by atoms with Crippen LogP contribution in [-0.4, -0.2) is 44.4 Å². The molecule has 0 bridgehead atoms. The van der Waals surface area contributed by atoms with Gasteiger partial charge < -0.3 is 10.1 Å². The third-order valence-corrected chi connectivity index (χ3v) is 3.84. The molecule has 1 N–H and O–H groups in total. The Morgan fingerprint density at radius 3 is 2.48 bits per heavy atom. The van der Waals surface area contributed by atoms with Gasteiger partial charge in [-0.25, -0.2) is 4.39 Å². The number of nitrogens with zero attached hydrogens (tertiary/aromatic N) is 1. The maximum Gasteiger partial charge on any atom is 0.389 e. The molecule has 1 aromatic rings. The number of nitrogens with one attached hydrogen (secondary N) is 1. The number of methoxy groups -OCH3 is 1. The van der Waals surface area contributed by atoms with Gasteiger partial charge in [0.15, 0.2) is 0 Å². The summed E-state index contributed by atoms with van der Waals surface area (Å²) in [6, 6.07) is 3.49. The first-order valence-corrected chi connectivity index (χ1v) is 7.25. The Labute approximate surface area is 139 Å². The zero-order chi connectivity index (χ0) is 16.2. The monoisotopic (exact) mass is 356 g/mol. The van der Waals surface area contributed by atoms with Crippen molar-refractivity contribution in [3.63, 3.8) is 0 Å². The number of hydrogen-bond donors (Lipinski definition) is 1. The molecule has 1 aliphatic rings. The van der Waals surface area contributed by atoms with E-state index in [9.17, 15) is 17.6 Å². The number of benzene rings is 1. The summed E-state index contributed by atoms with van der Waals surface area (Å²) in [6.45, 7) is 2.67. The lowest BCUT2D eigenvalue weighted by molar-refractivity contribution is -0.138. The van der Waals surface area contributed by atoms with Crippen LogP contribution in [0.25, 0.3) is 0 Å². The molecule has 1 aliphatic heterocycles. The molecule has 1 atom stereocenters. The van der Waals surface area contributed by atoms with Crippen LogP contribution in [-0.2, 0) is 0 Å². The van der Waals surface area contributed by atoms with Gasteiger partial charge in [-0.3, -0.25) is 4.90 Å². The molecule has 23 heavy (non-hydrogen) atoms. The van der Waals surface area contributed by atoms with Crippen LogP contribution in [0, 0.1) is 5.82 Å². The van der Waals surface area contributed by atoms with Crippen LogP contribution in [0.5, 0.6) is 5.75 Å². The highest BCUT2D eigenvalue weighted by molar-refractivity contribution is 5.85. The number of hydrogen-bond acceptors (Lipinski definition) is 3. The first-order valence-electron chi connectivity index (χ1n) is 7.25. The second-order valence-corrected chi connectivity index (χ2v) is 5.34. The van der Waals surface area contributed by atoms with E-state index >= 15 is 0 Å². The largest absolute Gasteiger partial charge is 0.496 e. The summed E-state index contributed by atoms with van der Waals surface area (Å²) in [7, 11) is 1.44. The fourth-order valence-corrected chi connectivity index (χ4v) is 2.79. The van der Waals surface area contributed by atoms with Gasteiger partial charge in [-0.2, -0.15) is 13.2 Å². The molecule has 2 rings (SSSR count). The van der Waals surface area contributed by atoms with Crippen molar-refractivity contribution in [1.82, 2.24) is 10.2 Å². The Kier molecular flexibility index (Phi) is 7.57. The number of rotatable bonds is 5. The number of piperazine rings is 1. The molecule has 1 fully saturated rings. The van der Waals surface area contributed by atoms with Crippen LogP contribution in [0.2, 0.25) is 0 Å². The molecule has 8 heteroatoms. The second kappa shape index (κ2) is 8.70. The van der Waals surface area contributed by atoms with E-state index in [2.05, 4.69) is 5.32 Å². The van der Waals surface area contributed by atoms with Gasteiger partial charge in [-0.05, 0) is 24.6 Å². The summed E-state index contributed by atoms with van der Waals surface area (Å²) in [5.41, 5.74) is 0.480.